The third kappa shape index (κ3) is 3.17. The minimum absolute atomic E-state index is 0.547. The maximum Gasteiger partial charge on any atom is 0.123 e. The van der Waals surface area contributed by atoms with E-state index in [2.05, 4.69) is 41.3 Å². The minimum Gasteiger partial charge on any atom is -0.496 e. The van der Waals surface area contributed by atoms with Gasteiger partial charge in [-0.3, -0.25) is 4.90 Å². The molecular weight excluding hydrogens is 316 g/mol. The van der Waals surface area contributed by atoms with Gasteiger partial charge < -0.3 is 4.74 Å². The molecule has 1 aliphatic rings. The molecule has 2 heterocycles. The van der Waals surface area contributed by atoms with Crippen LogP contribution < -0.4 is 4.74 Å². The number of para-hydroxylation sites is 2. The molecule has 3 aromatic rings. The average molecular weight is 338 g/mol. The normalized spacial score (nSPS) is 18.8. The number of fused-ring (bicyclic) bond motifs is 1. The second-order valence-corrected chi connectivity index (χ2v) is 7.47. The molecule has 1 atom stereocenters. The summed E-state index contributed by atoms with van der Waals surface area (Å²) in [5, 5.41) is 1.29. The summed E-state index contributed by atoms with van der Waals surface area (Å²) in [5.74, 6) is 1.53. The van der Waals surface area contributed by atoms with Crippen molar-refractivity contribution in [2.75, 3.05) is 20.2 Å². The van der Waals surface area contributed by atoms with Gasteiger partial charge in [0.05, 0.1) is 22.3 Å². The summed E-state index contributed by atoms with van der Waals surface area (Å²) in [5.41, 5.74) is 2.41. The molecule has 124 valence electrons. The van der Waals surface area contributed by atoms with Gasteiger partial charge in [0.15, 0.2) is 0 Å². The second kappa shape index (κ2) is 6.91. The number of likely N-dealkylation sites (tertiary alicyclic amines) is 1. The van der Waals surface area contributed by atoms with Gasteiger partial charge in [-0.15, -0.1) is 11.3 Å². The van der Waals surface area contributed by atoms with E-state index in [1.165, 1.54) is 28.1 Å². The number of ether oxygens (including phenoxy) is 1. The van der Waals surface area contributed by atoms with Gasteiger partial charge in [0.2, 0.25) is 0 Å². The molecule has 1 fully saturated rings. The maximum atomic E-state index is 5.50. The van der Waals surface area contributed by atoms with Gasteiger partial charge in [0.25, 0.3) is 0 Å². The van der Waals surface area contributed by atoms with E-state index in [1.807, 2.05) is 23.5 Å². The van der Waals surface area contributed by atoms with E-state index in [-0.39, 0.29) is 0 Å². The summed E-state index contributed by atoms with van der Waals surface area (Å²) in [7, 11) is 1.75. The highest BCUT2D eigenvalue weighted by molar-refractivity contribution is 7.18. The highest BCUT2D eigenvalue weighted by Crippen LogP contribution is 2.33. The van der Waals surface area contributed by atoms with Crippen LogP contribution in [0.2, 0.25) is 0 Å². The van der Waals surface area contributed by atoms with Crippen molar-refractivity contribution in [1.82, 2.24) is 9.88 Å². The van der Waals surface area contributed by atoms with Crippen molar-refractivity contribution in [2.45, 2.75) is 25.3 Å². The lowest BCUT2D eigenvalue weighted by Gasteiger charge is -2.32. The smallest absolute Gasteiger partial charge is 0.123 e. The fraction of sp³-hybridized carbons (Fsp3) is 0.350. The third-order valence-corrected chi connectivity index (χ3v) is 5.95. The number of methoxy groups -OCH3 is 1. The topological polar surface area (TPSA) is 25.4 Å². The van der Waals surface area contributed by atoms with E-state index < -0.39 is 0 Å². The van der Waals surface area contributed by atoms with Crippen molar-refractivity contribution < 1.29 is 4.74 Å². The van der Waals surface area contributed by atoms with Gasteiger partial charge in [-0.25, -0.2) is 4.98 Å². The molecule has 24 heavy (non-hydrogen) atoms. The van der Waals surface area contributed by atoms with Crippen LogP contribution in [0.25, 0.3) is 10.2 Å². The molecule has 1 aliphatic heterocycles. The predicted molar refractivity (Wildman–Crippen MR) is 99.9 cm³/mol. The van der Waals surface area contributed by atoms with Crippen molar-refractivity contribution in [2.24, 2.45) is 0 Å². The van der Waals surface area contributed by atoms with Gasteiger partial charge in [0.1, 0.15) is 5.75 Å². The van der Waals surface area contributed by atoms with E-state index in [0.29, 0.717) is 5.92 Å². The first-order chi connectivity index (χ1) is 11.8. The largest absolute Gasteiger partial charge is 0.496 e. The van der Waals surface area contributed by atoms with Crippen LogP contribution >= 0.6 is 11.3 Å². The van der Waals surface area contributed by atoms with Crippen molar-refractivity contribution in [3.8, 4) is 5.75 Å². The Kier molecular flexibility index (Phi) is 4.50. The molecule has 1 aromatic heterocycles. The Morgan fingerprint density at radius 1 is 1.17 bits per heavy atom. The van der Waals surface area contributed by atoms with E-state index in [0.717, 1.165) is 30.9 Å². The zero-order valence-corrected chi connectivity index (χ0v) is 14.8. The Hall–Kier alpha value is -1.91. The van der Waals surface area contributed by atoms with Gasteiger partial charge >= 0.3 is 0 Å². The minimum atomic E-state index is 0.547. The Labute approximate surface area is 146 Å². The van der Waals surface area contributed by atoms with Crippen LogP contribution in [0.3, 0.4) is 0 Å². The third-order valence-electron chi connectivity index (χ3n) is 4.75. The molecular formula is C20H22N2OS. The maximum absolute atomic E-state index is 5.50. The molecule has 0 bridgehead atoms. The monoisotopic (exact) mass is 338 g/mol. The van der Waals surface area contributed by atoms with Crippen LogP contribution in [0, 0.1) is 0 Å². The van der Waals surface area contributed by atoms with Crippen LogP contribution in [0.15, 0.2) is 48.5 Å². The van der Waals surface area contributed by atoms with Crippen LogP contribution in [0.4, 0.5) is 0 Å². The zero-order valence-electron chi connectivity index (χ0n) is 13.9. The number of hydrogen-bond donors (Lipinski definition) is 0. The van der Waals surface area contributed by atoms with Crippen molar-refractivity contribution in [1.29, 1.82) is 0 Å². The van der Waals surface area contributed by atoms with E-state index in [4.69, 9.17) is 9.72 Å². The molecule has 0 unspecified atom stereocenters. The van der Waals surface area contributed by atoms with E-state index in [1.54, 1.807) is 7.11 Å². The summed E-state index contributed by atoms with van der Waals surface area (Å²) in [6.45, 7) is 3.18. The standard InChI is InChI=1S/C20H22N2OS/c1-23-18-10-4-2-7-15(18)13-22-12-6-8-16(14-22)20-21-17-9-3-5-11-19(17)24-20/h2-5,7,9-11,16H,6,8,12-14H2,1H3/t16-/m0/s1. The number of piperidine rings is 1. The van der Waals surface area contributed by atoms with E-state index >= 15 is 0 Å². The first kappa shape index (κ1) is 15.6. The number of aromatic nitrogens is 1. The highest BCUT2D eigenvalue weighted by Gasteiger charge is 2.24. The Morgan fingerprint density at radius 3 is 2.88 bits per heavy atom. The number of hydrogen-bond acceptors (Lipinski definition) is 4. The quantitative estimate of drug-likeness (QED) is 0.690. The molecule has 0 amide bonds. The fourth-order valence-electron chi connectivity index (χ4n) is 3.54. The molecule has 0 saturated carbocycles. The summed E-state index contributed by atoms with van der Waals surface area (Å²) < 4.78 is 6.80. The first-order valence-electron chi connectivity index (χ1n) is 8.53. The SMILES string of the molecule is COc1ccccc1CN1CCC[C@H](c2nc3ccccc3s2)C1. The van der Waals surface area contributed by atoms with E-state index in [9.17, 15) is 0 Å². The lowest BCUT2D eigenvalue weighted by atomic mass is 9.98. The van der Waals surface area contributed by atoms with Crippen LogP contribution in [0.5, 0.6) is 5.75 Å². The molecule has 4 rings (SSSR count). The number of thiazole rings is 1. The van der Waals surface area contributed by atoms with Gasteiger partial charge in [-0.05, 0) is 37.6 Å². The molecule has 0 N–H and O–H groups in total. The molecule has 0 radical (unpaired) electrons. The number of nitrogens with zero attached hydrogens (tertiary/aromatic N) is 2. The van der Waals surface area contributed by atoms with Gasteiger partial charge in [0, 0.05) is 24.6 Å². The molecule has 3 nitrogen and oxygen atoms in total. The van der Waals surface area contributed by atoms with Gasteiger partial charge in [-0.1, -0.05) is 30.3 Å². The number of rotatable bonds is 4. The average Bonchev–Trinajstić information content (AvgIpc) is 3.07. The van der Waals surface area contributed by atoms with Crippen molar-refractivity contribution >= 4 is 21.6 Å². The summed E-state index contributed by atoms with van der Waals surface area (Å²) in [6.07, 6.45) is 2.47. The van der Waals surface area contributed by atoms with Crippen LogP contribution in [0.1, 0.15) is 29.3 Å². The molecule has 0 aliphatic carbocycles. The molecule has 2 aromatic carbocycles. The van der Waals surface area contributed by atoms with Crippen LogP contribution in [-0.4, -0.2) is 30.1 Å². The lowest BCUT2D eigenvalue weighted by Crippen LogP contribution is -2.33. The lowest BCUT2D eigenvalue weighted by molar-refractivity contribution is 0.198. The number of benzene rings is 2. The summed E-state index contributed by atoms with van der Waals surface area (Å²) in [4.78, 5) is 7.42. The zero-order chi connectivity index (χ0) is 16.4. The van der Waals surface area contributed by atoms with Crippen LogP contribution in [-0.2, 0) is 6.54 Å². The Balaban J connectivity index is 1.51. The fourth-order valence-corrected chi connectivity index (χ4v) is 4.63. The van der Waals surface area contributed by atoms with Crippen molar-refractivity contribution in [3.63, 3.8) is 0 Å². The van der Waals surface area contributed by atoms with Crippen molar-refractivity contribution in [3.05, 3.63) is 59.1 Å². The highest BCUT2D eigenvalue weighted by atomic mass is 32.1. The summed E-state index contributed by atoms with van der Waals surface area (Å²) in [6, 6.07) is 16.8. The molecule has 4 heteroatoms. The Morgan fingerprint density at radius 2 is 2.00 bits per heavy atom. The predicted octanol–water partition coefficient (Wildman–Crippen LogP) is 4.68. The summed E-state index contributed by atoms with van der Waals surface area (Å²) >= 11 is 1.86. The molecule has 1 saturated heterocycles. The van der Waals surface area contributed by atoms with Gasteiger partial charge in [-0.2, -0.15) is 0 Å². The first-order valence-corrected chi connectivity index (χ1v) is 9.35. The molecule has 0 spiro atoms. The second-order valence-electron chi connectivity index (χ2n) is 6.41. The Bertz CT molecular complexity index is 796.